The van der Waals surface area contributed by atoms with Crippen molar-refractivity contribution in [2.24, 2.45) is 5.92 Å². The van der Waals surface area contributed by atoms with Gasteiger partial charge in [0.15, 0.2) is 0 Å². The Morgan fingerprint density at radius 3 is 2.43 bits per heavy atom. The number of piperazine rings is 1. The van der Waals surface area contributed by atoms with Gasteiger partial charge in [-0.25, -0.2) is 8.42 Å². The lowest BCUT2D eigenvalue weighted by molar-refractivity contribution is -0.384. The molecule has 0 amide bonds. The van der Waals surface area contributed by atoms with Gasteiger partial charge in [-0.05, 0) is 52.0 Å². The van der Waals surface area contributed by atoms with E-state index in [1.807, 2.05) is 21.1 Å². The minimum Gasteiger partial charge on any atom is -0.378 e. The van der Waals surface area contributed by atoms with E-state index in [4.69, 9.17) is 0 Å². The molecule has 28 heavy (non-hydrogen) atoms. The molecule has 0 radical (unpaired) electrons. The minimum atomic E-state index is -3.74. The smallest absolute Gasteiger partial charge is 0.293 e. The Morgan fingerprint density at radius 1 is 1.25 bits per heavy atom. The number of benzene rings is 1. The van der Waals surface area contributed by atoms with Crippen LogP contribution in [-0.4, -0.2) is 87.4 Å². The number of hydrogen-bond acceptors (Lipinski definition) is 7. The molecule has 1 N–H and O–H groups in total. The molecule has 0 aromatic heterocycles. The first kappa shape index (κ1) is 21.0. The van der Waals surface area contributed by atoms with Crippen molar-refractivity contribution >= 4 is 21.4 Å². The summed E-state index contributed by atoms with van der Waals surface area (Å²) in [6.07, 6.45) is 2.35. The molecule has 2 fully saturated rings. The maximum Gasteiger partial charge on any atom is 0.293 e. The van der Waals surface area contributed by atoms with Crippen molar-refractivity contribution in [2.75, 3.05) is 59.2 Å². The summed E-state index contributed by atoms with van der Waals surface area (Å²) in [5.74, 6) is 0.610. The van der Waals surface area contributed by atoms with E-state index in [9.17, 15) is 18.5 Å². The van der Waals surface area contributed by atoms with Crippen LogP contribution in [0.25, 0.3) is 0 Å². The molecule has 1 unspecified atom stereocenters. The number of nitrogens with one attached hydrogen (secondary N) is 1. The van der Waals surface area contributed by atoms with Crippen molar-refractivity contribution in [1.82, 2.24) is 14.1 Å². The predicted octanol–water partition coefficient (Wildman–Crippen LogP) is 1.28. The van der Waals surface area contributed by atoms with Gasteiger partial charge in [0, 0.05) is 44.8 Å². The molecule has 1 atom stereocenters. The average Bonchev–Trinajstić information content (AvgIpc) is 3.47. The van der Waals surface area contributed by atoms with Gasteiger partial charge in [0.1, 0.15) is 5.69 Å². The normalized spacial score (nSPS) is 20.3. The Balaban J connectivity index is 1.79. The van der Waals surface area contributed by atoms with E-state index in [-0.39, 0.29) is 10.6 Å². The van der Waals surface area contributed by atoms with E-state index in [2.05, 4.69) is 15.1 Å². The molecule has 1 saturated carbocycles. The lowest BCUT2D eigenvalue weighted by Gasteiger charge is -2.31. The number of likely N-dealkylation sites (N-methyl/N-ethyl adjacent to an activating group) is 2. The standard InChI is InChI=1S/C18H29N5O4S/c1-20(2)18(14-4-5-14)13-19-16-7-6-15(12-17(16)23(24)25)28(26,27)22-10-8-21(3)9-11-22/h6-7,12,14,18-19H,4-5,8-11,13H2,1-3H3. The molecule has 2 aliphatic rings. The number of nitro groups is 1. The van der Waals surface area contributed by atoms with E-state index in [1.165, 1.54) is 35.3 Å². The molecular formula is C18H29N5O4S. The maximum absolute atomic E-state index is 12.9. The minimum absolute atomic E-state index is 0.0272. The highest BCUT2D eigenvalue weighted by atomic mass is 32.2. The SMILES string of the molecule is CN1CCN(S(=O)(=O)c2ccc(NCC(C3CC3)N(C)C)c([N+](=O)[O-])c2)CC1. The molecule has 1 aliphatic heterocycles. The summed E-state index contributed by atoms with van der Waals surface area (Å²) in [5.41, 5.74) is 0.151. The molecule has 0 spiro atoms. The third-order valence-electron chi connectivity index (χ3n) is 5.60. The summed E-state index contributed by atoms with van der Waals surface area (Å²) in [7, 11) is 2.21. The van der Waals surface area contributed by atoms with Crippen molar-refractivity contribution in [3.05, 3.63) is 28.3 Å². The summed E-state index contributed by atoms with van der Waals surface area (Å²) in [5, 5.41) is 14.7. The fourth-order valence-corrected chi connectivity index (χ4v) is 5.06. The molecule has 0 bridgehead atoms. The molecule has 1 aromatic carbocycles. The number of sulfonamides is 1. The molecule has 1 aromatic rings. The zero-order chi connectivity index (χ0) is 20.5. The second-order valence-electron chi connectivity index (χ2n) is 7.89. The van der Waals surface area contributed by atoms with E-state index in [0.717, 1.165) is 0 Å². The van der Waals surface area contributed by atoms with Gasteiger partial charge in [0.2, 0.25) is 10.0 Å². The number of rotatable bonds is 8. The molecule has 1 saturated heterocycles. The highest BCUT2D eigenvalue weighted by Crippen LogP contribution is 2.35. The van der Waals surface area contributed by atoms with Gasteiger partial charge in [-0.3, -0.25) is 10.1 Å². The van der Waals surface area contributed by atoms with Crippen LogP contribution in [0.15, 0.2) is 23.1 Å². The first-order valence-electron chi connectivity index (χ1n) is 9.57. The summed E-state index contributed by atoms with van der Waals surface area (Å²) >= 11 is 0. The van der Waals surface area contributed by atoms with Crippen molar-refractivity contribution in [3.63, 3.8) is 0 Å². The van der Waals surface area contributed by atoms with Crippen molar-refractivity contribution in [2.45, 2.75) is 23.8 Å². The van der Waals surface area contributed by atoms with Gasteiger partial charge in [-0.1, -0.05) is 0 Å². The highest BCUT2D eigenvalue weighted by Gasteiger charge is 2.33. The Hall–Kier alpha value is -1.75. The molecule has 3 rings (SSSR count). The molecular weight excluding hydrogens is 382 g/mol. The van der Waals surface area contributed by atoms with Crippen molar-refractivity contribution in [3.8, 4) is 0 Å². The number of nitrogens with zero attached hydrogens (tertiary/aromatic N) is 4. The van der Waals surface area contributed by atoms with Crippen molar-refractivity contribution < 1.29 is 13.3 Å². The molecule has 9 nitrogen and oxygen atoms in total. The number of nitro benzene ring substituents is 1. The third kappa shape index (κ3) is 4.62. The summed E-state index contributed by atoms with van der Waals surface area (Å²) in [6, 6.07) is 4.46. The topological polar surface area (TPSA) is 99.0 Å². The maximum atomic E-state index is 12.9. The fourth-order valence-electron chi connectivity index (χ4n) is 3.62. The second kappa shape index (κ2) is 8.32. The van der Waals surface area contributed by atoms with Gasteiger partial charge in [0.25, 0.3) is 5.69 Å². The average molecular weight is 412 g/mol. The summed E-state index contributed by atoms with van der Waals surface area (Å²) < 4.78 is 27.2. The van der Waals surface area contributed by atoms with E-state index in [1.54, 1.807) is 0 Å². The zero-order valence-corrected chi connectivity index (χ0v) is 17.5. The van der Waals surface area contributed by atoms with Gasteiger partial charge >= 0.3 is 0 Å². The number of hydrogen-bond donors (Lipinski definition) is 1. The Bertz CT molecular complexity index is 815. The first-order valence-corrected chi connectivity index (χ1v) is 11.0. The van der Waals surface area contributed by atoms with Gasteiger partial charge in [-0.15, -0.1) is 0 Å². The third-order valence-corrected chi connectivity index (χ3v) is 7.49. The summed E-state index contributed by atoms with van der Waals surface area (Å²) in [4.78, 5) is 15.2. The largest absolute Gasteiger partial charge is 0.378 e. The van der Waals surface area contributed by atoms with Crippen LogP contribution in [0.2, 0.25) is 0 Å². The molecule has 156 valence electrons. The van der Waals surface area contributed by atoms with E-state index < -0.39 is 14.9 Å². The molecule has 1 aliphatic carbocycles. The van der Waals surface area contributed by atoms with Crippen LogP contribution in [-0.2, 0) is 10.0 Å². The number of anilines is 1. The zero-order valence-electron chi connectivity index (χ0n) is 16.7. The van der Waals surface area contributed by atoms with Crippen LogP contribution in [0, 0.1) is 16.0 Å². The van der Waals surface area contributed by atoms with Crippen LogP contribution in [0.1, 0.15) is 12.8 Å². The van der Waals surface area contributed by atoms with Crippen LogP contribution < -0.4 is 5.32 Å². The monoisotopic (exact) mass is 411 g/mol. The van der Waals surface area contributed by atoms with Crippen LogP contribution in [0.3, 0.4) is 0 Å². The lowest BCUT2D eigenvalue weighted by Crippen LogP contribution is -2.47. The van der Waals surface area contributed by atoms with E-state index >= 15 is 0 Å². The fraction of sp³-hybridized carbons (Fsp3) is 0.667. The Kier molecular flexibility index (Phi) is 6.23. The Morgan fingerprint density at radius 2 is 1.89 bits per heavy atom. The lowest BCUT2D eigenvalue weighted by atomic mass is 10.1. The summed E-state index contributed by atoms with van der Waals surface area (Å²) in [6.45, 7) is 2.66. The molecule has 10 heteroatoms. The first-order chi connectivity index (χ1) is 13.2. The highest BCUT2D eigenvalue weighted by molar-refractivity contribution is 7.89. The quantitative estimate of drug-likeness (QED) is 0.508. The van der Waals surface area contributed by atoms with Gasteiger partial charge in [0.05, 0.1) is 9.82 Å². The second-order valence-corrected chi connectivity index (χ2v) is 9.83. The Labute approximate surface area is 166 Å². The van der Waals surface area contributed by atoms with Gasteiger partial charge < -0.3 is 15.1 Å². The predicted molar refractivity (Wildman–Crippen MR) is 108 cm³/mol. The molecule has 1 heterocycles. The van der Waals surface area contributed by atoms with Gasteiger partial charge in [-0.2, -0.15) is 4.31 Å². The van der Waals surface area contributed by atoms with Crippen LogP contribution >= 0.6 is 0 Å². The van der Waals surface area contributed by atoms with Crippen LogP contribution in [0.4, 0.5) is 11.4 Å². The van der Waals surface area contributed by atoms with E-state index in [0.29, 0.717) is 50.4 Å². The van der Waals surface area contributed by atoms with Crippen molar-refractivity contribution in [1.29, 1.82) is 0 Å². The van der Waals surface area contributed by atoms with Crippen LogP contribution in [0.5, 0.6) is 0 Å².